The van der Waals surface area contributed by atoms with E-state index in [4.69, 9.17) is 9.15 Å². The second-order valence-electron chi connectivity index (χ2n) is 5.86. The Balaban J connectivity index is 1.55. The summed E-state index contributed by atoms with van der Waals surface area (Å²) in [5, 5.41) is 2.91. The van der Waals surface area contributed by atoms with E-state index in [-0.39, 0.29) is 5.91 Å². The van der Waals surface area contributed by atoms with E-state index in [9.17, 15) is 4.79 Å². The number of rotatable bonds is 4. The van der Waals surface area contributed by atoms with E-state index in [1.54, 1.807) is 13.2 Å². The molecule has 1 aromatic heterocycles. The van der Waals surface area contributed by atoms with Crippen LogP contribution in [0.2, 0.25) is 0 Å². The van der Waals surface area contributed by atoms with Crippen LogP contribution in [0.5, 0.6) is 5.75 Å². The summed E-state index contributed by atoms with van der Waals surface area (Å²) in [6.45, 7) is 0. The zero-order valence-electron chi connectivity index (χ0n) is 14.4. The van der Waals surface area contributed by atoms with E-state index in [0.29, 0.717) is 22.7 Å². The molecular weight excluding hydrogens is 455 g/mol. The summed E-state index contributed by atoms with van der Waals surface area (Å²) in [5.74, 6) is 1.12. The number of aromatic nitrogens is 1. The molecule has 6 heteroatoms. The van der Waals surface area contributed by atoms with Crippen molar-refractivity contribution in [1.29, 1.82) is 0 Å². The number of carbonyl (C=O) groups is 1. The van der Waals surface area contributed by atoms with Gasteiger partial charge >= 0.3 is 0 Å². The molecule has 0 saturated carbocycles. The van der Waals surface area contributed by atoms with Gasteiger partial charge in [-0.3, -0.25) is 4.79 Å². The van der Waals surface area contributed by atoms with E-state index in [2.05, 4.69) is 32.9 Å². The molecule has 1 heterocycles. The molecular formula is C21H15IN2O3. The lowest BCUT2D eigenvalue weighted by Crippen LogP contribution is -2.13. The molecule has 1 amide bonds. The van der Waals surface area contributed by atoms with Crippen molar-refractivity contribution in [3.8, 4) is 17.2 Å². The first kappa shape index (κ1) is 17.5. The zero-order chi connectivity index (χ0) is 18.8. The topological polar surface area (TPSA) is 64.4 Å². The van der Waals surface area contributed by atoms with Crippen molar-refractivity contribution in [3.05, 3.63) is 75.9 Å². The highest BCUT2D eigenvalue weighted by Crippen LogP contribution is 2.27. The van der Waals surface area contributed by atoms with Crippen molar-refractivity contribution in [3.63, 3.8) is 0 Å². The summed E-state index contributed by atoms with van der Waals surface area (Å²) in [6.07, 6.45) is 0. The minimum Gasteiger partial charge on any atom is -0.497 e. The molecule has 0 bridgehead atoms. The predicted octanol–water partition coefficient (Wildman–Crippen LogP) is 5.36. The second kappa shape index (κ2) is 7.40. The molecule has 1 N–H and O–H groups in total. The van der Waals surface area contributed by atoms with Crippen LogP contribution in [0.1, 0.15) is 10.4 Å². The molecule has 0 fully saturated rings. The van der Waals surface area contributed by atoms with Crippen molar-refractivity contribution in [2.75, 3.05) is 12.4 Å². The number of amides is 1. The van der Waals surface area contributed by atoms with E-state index < -0.39 is 0 Å². The number of oxazole rings is 1. The number of methoxy groups -OCH3 is 1. The smallest absolute Gasteiger partial charge is 0.256 e. The molecule has 134 valence electrons. The first-order valence-electron chi connectivity index (χ1n) is 8.25. The third-order valence-electron chi connectivity index (χ3n) is 4.10. The highest BCUT2D eigenvalue weighted by Gasteiger charge is 2.11. The Morgan fingerprint density at radius 3 is 2.59 bits per heavy atom. The Kier molecular flexibility index (Phi) is 4.81. The predicted molar refractivity (Wildman–Crippen MR) is 113 cm³/mol. The molecule has 0 saturated heterocycles. The third-order valence-corrected chi connectivity index (χ3v) is 5.04. The van der Waals surface area contributed by atoms with Gasteiger partial charge in [0.1, 0.15) is 11.3 Å². The van der Waals surface area contributed by atoms with Crippen molar-refractivity contribution in [1.82, 2.24) is 4.98 Å². The number of nitrogens with one attached hydrogen (secondary N) is 1. The number of hydrogen-bond acceptors (Lipinski definition) is 4. The maximum absolute atomic E-state index is 12.4. The summed E-state index contributed by atoms with van der Waals surface area (Å²) in [6, 6.07) is 20.4. The van der Waals surface area contributed by atoms with Crippen molar-refractivity contribution in [2.45, 2.75) is 0 Å². The van der Waals surface area contributed by atoms with Crippen LogP contribution in [0.25, 0.3) is 22.6 Å². The number of carbonyl (C=O) groups excluding carboxylic acids is 1. The SMILES string of the molecule is COc1ccc2oc(-c3ccc(NC(=O)c4ccccc4I)cc3)nc2c1. The van der Waals surface area contributed by atoms with Crippen molar-refractivity contribution < 1.29 is 13.9 Å². The molecule has 0 unspecified atom stereocenters. The van der Waals surface area contributed by atoms with Gasteiger partial charge in [-0.05, 0) is 71.1 Å². The summed E-state index contributed by atoms with van der Waals surface area (Å²) >= 11 is 2.15. The first-order chi connectivity index (χ1) is 13.1. The molecule has 4 aromatic rings. The fourth-order valence-electron chi connectivity index (χ4n) is 2.70. The average Bonchev–Trinajstić information content (AvgIpc) is 3.12. The highest BCUT2D eigenvalue weighted by molar-refractivity contribution is 14.1. The lowest BCUT2D eigenvalue weighted by molar-refractivity contribution is 0.102. The molecule has 27 heavy (non-hydrogen) atoms. The fraction of sp³-hybridized carbons (Fsp3) is 0.0476. The van der Waals surface area contributed by atoms with Crippen LogP contribution in [0.4, 0.5) is 5.69 Å². The van der Waals surface area contributed by atoms with Gasteiger partial charge in [-0.25, -0.2) is 4.98 Å². The molecule has 5 nitrogen and oxygen atoms in total. The monoisotopic (exact) mass is 470 g/mol. The number of nitrogens with zero attached hydrogens (tertiary/aromatic N) is 1. The Labute approximate surface area is 169 Å². The van der Waals surface area contributed by atoms with Crippen molar-refractivity contribution in [2.24, 2.45) is 0 Å². The summed E-state index contributed by atoms with van der Waals surface area (Å²) in [4.78, 5) is 16.9. The minimum absolute atomic E-state index is 0.137. The van der Waals surface area contributed by atoms with Gasteiger partial charge in [0.05, 0.1) is 12.7 Å². The molecule has 0 atom stereocenters. The standard InChI is InChI=1S/C21H15IN2O3/c1-26-15-10-11-19-18(12-15)24-21(27-19)13-6-8-14(9-7-13)23-20(25)16-4-2-3-5-17(16)22/h2-12H,1H3,(H,23,25). The van der Waals surface area contributed by atoms with Crippen LogP contribution in [0, 0.1) is 3.57 Å². The number of benzene rings is 3. The Bertz CT molecular complexity index is 1120. The van der Waals surface area contributed by atoms with Gasteiger partial charge in [0, 0.05) is 20.9 Å². The Morgan fingerprint density at radius 1 is 1.07 bits per heavy atom. The molecule has 0 radical (unpaired) electrons. The quantitative estimate of drug-likeness (QED) is 0.408. The van der Waals surface area contributed by atoms with Crippen molar-refractivity contribution >= 4 is 45.3 Å². The van der Waals surface area contributed by atoms with Gasteiger partial charge in [0.15, 0.2) is 5.58 Å². The molecule has 0 aliphatic carbocycles. The first-order valence-corrected chi connectivity index (χ1v) is 9.33. The minimum atomic E-state index is -0.137. The summed E-state index contributed by atoms with van der Waals surface area (Å²) in [7, 11) is 1.62. The van der Waals surface area contributed by atoms with Gasteiger partial charge in [-0.2, -0.15) is 0 Å². The van der Waals surface area contributed by atoms with E-state index in [0.717, 1.165) is 20.4 Å². The Hall–Kier alpha value is -2.87. The Morgan fingerprint density at radius 2 is 1.85 bits per heavy atom. The van der Waals surface area contributed by atoms with Gasteiger partial charge in [0.25, 0.3) is 5.91 Å². The van der Waals surface area contributed by atoms with Crippen LogP contribution in [-0.2, 0) is 0 Å². The fourth-order valence-corrected chi connectivity index (χ4v) is 3.33. The molecule has 0 aliphatic heterocycles. The average molecular weight is 470 g/mol. The van der Waals surface area contributed by atoms with Gasteiger partial charge < -0.3 is 14.5 Å². The third kappa shape index (κ3) is 3.66. The molecule has 3 aromatic carbocycles. The molecule has 4 rings (SSSR count). The van der Waals surface area contributed by atoms with Gasteiger partial charge in [-0.1, -0.05) is 12.1 Å². The van der Waals surface area contributed by atoms with Crippen LogP contribution >= 0.6 is 22.6 Å². The lowest BCUT2D eigenvalue weighted by atomic mass is 10.2. The number of halogens is 1. The normalized spacial score (nSPS) is 10.7. The molecule has 0 spiro atoms. The lowest BCUT2D eigenvalue weighted by Gasteiger charge is -2.07. The largest absolute Gasteiger partial charge is 0.497 e. The molecule has 0 aliphatic rings. The van der Waals surface area contributed by atoms with Crippen LogP contribution < -0.4 is 10.1 Å². The van der Waals surface area contributed by atoms with Gasteiger partial charge in [0.2, 0.25) is 5.89 Å². The summed E-state index contributed by atoms with van der Waals surface area (Å²) in [5.41, 5.74) is 3.62. The zero-order valence-corrected chi connectivity index (χ0v) is 16.6. The van der Waals surface area contributed by atoms with E-state index >= 15 is 0 Å². The highest BCUT2D eigenvalue weighted by atomic mass is 127. The van der Waals surface area contributed by atoms with Gasteiger partial charge in [-0.15, -0.1) is 0 Å². The maximum Gasteiger partial charge on any atom is 0.256 e. The maximum atomic E-state index is 12.4. The van der Waals surface area contributed by atoms with Crippen LogP contribution in [0.15, 0.2) is 71.1 Å². The van der Waals surface area contributed by atoms with E-state index in [1.165, 1.54) is 0 Å². The number of fused-ring (bicyclic) bond motifs is 1. The summed E-state index contributed by atoms with van der Waals surface area (Å²) < 4.78 is 11.9. The number of hydrogen-bond donors (Lipinski definition) is 1. The van der Waals surface area contributed by atoms with Crippen LogP contribution in [-0.4, -0.2) is 18.0 Å². The van der Waals surface area contributed by atoms with E-state index in [1.807, 2.05) is 60.7 Å². The number of ether oxygens (including phenoxy) is 1. The second-order valence-corrected chi connectivity index (χ2v) is 7.03. The number of anilines is 1. The van der Waals surface area contributed by atoms with Crippen LogP contribution in [0.3, 0.4) is 0 Å².